The molecule has 55 heavy (non-hydrogen) atoms. The topological polar surface area (TPSA) is 123 Å². The van der Waals surface area contributed by atoms with Gasteiger partial charge in [0.15, 0.2) is 0 Å². The predicted octanol–water partition coefficient (Wildman–Crippen LogP) is 12.1. The van der Waals surface area contributed by atoms with Gasteiger partial charge in [-0.3, -0.25) is 20.2 Å². The molecule has 0 aliphatic rings. The number of hydrogen-bond acceptors (Lipinski definition) is 8. The van der Waals surface area contributed by atoms with Crippen molar-refractivity contribution in [2.45, 2.75) is 17.8 Å². The number of non-ortho nitro benzene ring substituents is 2. The summed E-state index contributed by atoms with van der Waals surface area (Å²) in [5, 5.41) is 23.1. The lowest BCUT2D eigenvalue weighted by Crippen LogP contribution is -2.54. The summed E-state index contributed by atoms with van der Waals surface area (Å²) in [5.74, 6) is -0.180. The second-order valence-corrected chi connectivity index (χ2v) is 11.7. The first-order valence-corrected chi connectivity index (χ1v) is 15.9. The first-order chi connectivity index (χ1) is 26.1. The van der Waals surface area contributed by atoms with E-state index in [1.165, 1.54) is 12.1 Å². The Bertz CT molecular complexity index is 2140. The zero-order valence-corrected chi connectivity index (χ0v) is 27.8. The second-order valence-electron chi connectivity index (χ2n) is 11.7. The van der Waals surface area contributed by atoms with Crippen LogP contribution in [0.4, 0.5) is 37.7 Å². The monoisotopic (exact) mass is 762 g/mol. The molecule has 0 saturated heterocycles. The van der Waals surface area contributed by atoms with E-state index >= 15 is 0 Å². The molecule has 10 nitrogen and oxygen atoms in total. The third-order valence-electron chi connectivity index (χ3n) is 8.01. The van der Waals surface area contributed by atoms with Gasteiger partial charge in [-0.15, -0.1) is 0 Å². The number of hydrogen-bond donors (Lipinski definition) is 0. The first kappa shape index (κ1) is 37.7. The zero-order chi connectivity index (χ0) is 39.4. The van der Waals surface area contributed by atoms with Crippen LogP contribution >= 0.6 is 0 Å². The van der Waals surface area contributed by atoms with Gasteiger partial charge < -0.3 is 18.9 Å². The molecule has 6 aromatic carbocycles. The molecule has 0 atom stereocenters. The van der Waals surface area contributed by atoms with Gasteiger partial charge in [0.25, 0.3) is 11.4 Å². The molecule has 0 radical (unpaired) electrons. The van der Waals surface area contributed by atoms with Crippen molar-refractivity contribution in [2.24, 2.45) is 0 Å². The van der Waals surface area contributed by atoms with Gasteiger partial charge in [-0.2, -0.15) is 26.3 Å². The van der Waals surface area contributed by atoms with Crippen LogP contribution in [0, 0.1) is 20.2 Å². The van der Waals surface area contributed by atoms with E-state index in [1.54, 1.807) is 60.7 Å². The fourth-order valence-electron chi connectivity index (χ4n) is 5.61. The van der Waals surface area contributed by atoms with Crippen LogP contribution in [-0.4, -0.2) is 22.2 Å². The van der Waals surface area contributed by atoms with Gasteiger partial charge in [-0.1, -0.05) is 60.7 Å². The van der Waals surface area contributed by atoms with E-state index in [0.29, 0.717) is 35.8 Å². The Morgan fingerprint density at radius 3 is 0.909 bits per heavy atom. The van der Waals surface area contributed by atoms with Crippen molar-refractivity contribution >= 4 is 11.4 Å². The third-order valence-corrected chi connectivity index (χ3v) is 8.01. The van der Waals surface area contributed by atoms with E-state index < -0.39 is 50.1 Å². The molecule has 280 valence electrons. The van der Waals surface area contributed by atoms with E-state index in [9.17, 15) is 46.6 Å². The number of nitrogens with zero attached hydrogens (tertiary/aromatic N) is 2. The molecule has 0 bridgehead atoms. The smallest absolute Gasteiger partial charge is 0.411 e. The summed E-state index contributed by atoms with van der Waals surface area (Å²) < 4.78 is 112. The van der Waals surface area contributed by atoms with Crippen LogP contribution in [0.25, 0.3) is 0 Å². The van der Waals surface area contributed by atoms with Crippen molar-refractivity contribution in [3.8, 4) is 46.0 Å². The molecule has 0 aromatic heterocycles. The molecule has 6 rings (SSSR count). The average Bonchev–Trinajstić information content (AvgIpc) is 3.13. The maximum absolute atomic E-state index is 14.9. The van der Waals surface area contributed by atoms with Gasteiger partial charge in [-0.25, -0.2) is 0 Å². The van der Waals surface area contributed by atoms with Crippen LogP contribution in [0.1, 0.15) is 11.1 Å². The van der Waals surface area contributed by atoms with Crippen molar-refractivity contribution in [1.29, 1.82) is 0 Å². The minimum Gasteiger partial charge on any atom is -0.457 e. The minimum absolute atomic E-state index is 0.0148. The van der Waals surface area contributed by atoms with E-state index in [-0.39, 0.29) is 34.5 Å². The number of rotatable bonds is 12. The van der Waals surface area contributed by atoms with Crippen LogP contribution < -0.4 is 18.9 Å². The Balaban J connectivity index is 1.30. The fourth-order valence-corrected chi connectivity index (χ4v) is 5.61. The molecule has 0 amide bonds. The highest BCUT2D eigenvalue weighted by Crippen LogP contribution is 2.56. The summed E-state index contributed by atoms with van der Waals surface area (Å²) >= 11 is 0. The summed E-state index contributed by atoms with van der Waals surface area (Å²) in [4.78, 5) is 21.7. The summed E-state index contributed by atoms with van der Waals surface area (Å²) in [6, 6.07) is 29.0. The second kappa shape index (κ2) is 15.1. The molecule has 0 aliphatic carbocycles. The Labute approximate surface area is 307 Å². The van der Waals surface area contributed by atoms with Crippen molar-refractivity contribution in [2.75, 3.05) is 0 Å². The van der Waals surface area contributed by atoms with Crippen molar-refractivity contribution in [3.05, 3.63) is 177 Å². The highest BCUT2D eigenvalue weighted by atomic mass is 19.4. The van der Waals surface area contributed by atoms with Gasteiger partial charge in [-0.05, 0) is 59.7 Å². The maximum Gasteiger partial charge on any atom is 0.411 e. The normalized spacial score (nSPS) is 11.7. The number of nitro groups is 2. The van der Waals surface area contributed by atoms with Crippen LogP contribution in [0.15, 0.2) is 146 Å². The summed E-state index contributed by atoms with van der Waals surface area (Å²) in [7, 11) is 0. The Morgan fingerprint density at radius 1 is 0.382 bits per heavy atom. The number of halogens is 6. The highest BCUT2D eigenvalue weighted by Gasteiger charge is 2.72. The lowest BCUT2D eigenvalue weighted by Gasteiger charge is -2.38. The predicted molar refractivity (Wildman–Crippen MR) is 185 cm³/mol. The molecule has 0 saturated carbocycles. The van der Waals surface area contributed by atoms with Gasteiger partial charge in [0.2, 0.25) is 5.41 Å². The number of alkyl halides is 6. The fraction of sp³-hybridized carbons (Fsp3) is 0.0769. The van der Waals surface area contributed by atoms with Crippen LogP contribution in [0.5, 0.6) is 46.0 Å². The molecular weight excluding hydrogens is 738 g/mol. The highest BCUT2D eigenvalue weighted by molar-refractivity contribution is 5.52. The number of benzene rings is 6. The van der Waals surface area contributed by atoms with Gasteiger partial charge in [0.05, 0.1) is 34.1 Å². The molecule has 0 fully saturated rings. The summed E-state index contributed by atoms with van der Waals surface area (Å²) in [6.45, 7) is 0. The Hall–Kier alpha value is -7.10. The first-order valence-electron chi connectivity index (χ1n) is 15.9. The molecule has 0 heterocycles. The van der Waals surface area contributed by atoms with Crippen molar-refractivity contribution in [1.82, 2.24) is 0 Å². The van der Waals surface area contributed by atoms with Gasteiger partial charge in [0, 0.05) is 12.1 Å². The molecular formula is C39H24F6N2O8. The quantitative estimate of drug-likeness (QED) is 0.0686. The number of ether oxygens (including phenoxy) is 4. The van der Waals surface area contributed by atoms with Gasteiger partial charge >= 0.3 is 12.4 Å². The maximum atomic E-state index is 14.9. The van der Waals surface area contributed by atoms with E-state index in [2.05, 4.69) is 0 Å². The standard InChI is InChI=1S/C39H24F6N2O8/c40-38(41,42)37(39(43,44)45,25-11-15-31(16-12-25)54-35-21-27(46(48)49)19-33(23-35)52-29-7-3-1-4-8-29)26-13-17-32(18-14-26)55-36-22-28(47(50)51)20-34(24-36)53-30-9-5-2-6-10-30/h1-24H. The van der Waals surface area contributed by atoms with Crippen LogP contribution in [0.2, 0.25) is 0 Å². The van der Waals surface area contributed by atoms with Crippen LogP contribution in [0.3, 0.4) is 0 Å². The molecule has 0 aliphatic heterocycles. The van der Waals surface area contributed by atoms with Crippen LogP contribution in [-0.2, 0) is 5.41 Å². The lowest BCUT2D eigenvalue weighted by molar-refractivity contribution is -0.385. The largest absolute Gasteiger partial charge is 0.457 e. The molecule has 0 unspecified atom stereocenters. The lowest BCUT2D eigenvalue weighted by atomic mass is 9.73. The molecule has 0 N–H and O–H groups in total. The number of nitro benzene ring substituents is 2. The molecule has 6 aromatic rings. The molecule has 16 heteroatoms. The Morgan fingerprint density at radius 2 is 0.655 bits per heavy atom. The van der Waals surface area contributed by atoms with E-state index in [1.807, 2.05) is 0 Å². The minimum atomic E-state index is -5.93. The number of para-hydroxylation sites is 2. The van der Waals surface area contributed by atoms with Gasteiger partial charge in [0.1, 0.15) is 46.0 Å². The zero-order valence-electron chi connectivity index (χ0n) is 27.8. The Kier molecular flexibility index (Phi) is 10.3. The molecule has 0 spiro atoms. The average molecular weight is 763 g/mol. The SMILES string of the molecule is O=[N+]([O-])c1cc(Oc2ccccc2)cc(Oc2ccc(C(c3ccc(Oc4cc(Oc5ccccc5)cc([N+](=O)[O-])c4)cc3)(C(F)(F)F)C(F)(F)F)cc2)c1. The summed E-state index contributed by atoms with van der Waals surface area (Å²) in [6.07, 6.45) is -11.9. The third kappa shape index (κ3) is 8.27. The van der Waals surface area contributed by atoms with Crippen molar-refractivity contribution in [3.63, 3.8) is 0 Å². The summed E-state index contributed by atoms with van der Waals surface area (Å²) in [5.41, 5.74) is -7.86. The van der Waals surface area contributed by atoms with E-state index in [0.717, 1.165) is 48.5 Å². The van der Waals surface area contributed by atoms with E-state index in [4.69, 9.17) is 18.9 Å². The van der Waals surface area contributed by atoms with Crippen molar-refractivity contribution < 1.29 is 55.1 Å².